The van der Waals surface area contributed by atoms with Crippen molar-refractivity contribution in [1.29, 1.82) is 0 Å². The van der Waals surface area contributed by atoms with Crippen LogP contribution in [0.25, 0.3) is 5.69 Å². The first-order valence-corrected chi connectivity index (χ1v) is 5.03. The van der Waals surface area contributed by atoms with Crippen molar-refractivity contribution < 1.29 is 5.11 Å². The van der Waals surface area contributed by atoms with Gasteiger partial charge in [0.2, 0.25) is 11.6 Å². The number of nitrogens with one attached hydrogen (secondary N) is 1. The number of aryl methyl sites for hydroxylation is 1. The van der Waals surface area contributed by atoms with E-state index >= 15 is 0 Å². The molecule has 18 heavy (non-hydrogen) atoms. The van der Waals surface area contributed by atoms with Crippen molar-refractivity contribution in [2.75, 3.05) is 0 Å². The van der Waals surface area contributed by atoms with Crippen LogP contribution in [0.4, 0.5) is 5.69 Å². The highest BCUT2D eigenvalue weighted by Crippen LogP contribution is 2.22. The highest BCUT2D eigenvalue weighted by Gasteiger charge is 2.15. The third-order valence-corrected chi connectivity index (χ3v) is 2.45. The summed E-state index contributed by atoms with van der Waals surface area (Å²) in [4.78, 5) is 35.2. The van der Waals surface area contributed by atoms with E-state index in [1.807, 2.05) is 11.9 Å². The fourth-order valence-corrected chi connectivity index (χ4v) is 1.53. The zero-order valence-electron chi connectivity index (χ0n) is 9.38. The number of nitroso groups, excluding NO2 is 1. The monoisotopic (exact) mass is 247 g/mol. The molecular weight excluding hydrogens is 238 g/mol. The maximum Gasteiger partial charge on any atom is 0.335 e. The van der Waals surface area contributed by atoms with Gasteiger partial charge < -0.3 is 5.11 Å². The third kappa shape index (κ3) is 1.81. The molecule has 2 N–H and O–H groups in total. The molecular formula is C11H9N3O4. The smallest absolute Gasteiger partial charge is 0.335 e. The Morgan fingerprint density at radius 1 is 1.22 bits per heavy atom. The van der Waals surface area contributed by atoms with Gasteiger partial charge in [-0.25, -0.2) is 9.36 Å². The first kappa shape index (κ1) is 11.8. The second kappa shape index (κ2) is 4.28. The lowest BCUT2D eigenvalue weighted by molar-refractivity contribution is 0.433. The second-order valence-electron chi connectivity index (χ2n) is 3.69. The van der Waals surface area contributed by atoms with Crippen LogP contribution in [0.1, 0.15) is 5.56 Å². The topological polar surface area (TPSA) is 105 Å². The van der Waals surface area contributed by atoms with E-state index < -0.39 is 22.8 Å². The molecule has 1 heterocycles. The number of nitrogens with zero attached hydrogens (tertiary/aromatic N) is 2. The Hall–Kier alpha value is -2.70. The van der Waals surface area contributed by atoms with Crippen molar-refractivity contribution in [3.05, 3.63) is 55.6 Å². The van der Waals surface area contributed by atoms with Gasteiger partial charge in [0.05, 0.1) is 5.69 Å². The Labute approximate surface area is 100 Å². The van der Waals surface area contributed by atoms with Crippen LogP contribution in [-0.2, 0) is 0 Å². The fourth-order valence-electron chi connectivity index (χ4n) is 1.53. The molecule has 0 saturated carbocycles. The highest BCUT2D eigenvalue weighted by atomic mass is 16.3. The molecule has 7 nitrogen and oxygen atoms in total. The molecule has 0 aliphatic rings. The Morgan fingerprint density at radius 3 is 2.39 bits per heavy atom. The molecule has 0 saturated heterocycles. The molecule has 1 aromatic carbocycles. The van der Waals surface area contributed by atoms with Crippen LogP contribution in [-0.4, -0.2) is 14.7 Å². The largest absolute Gasteiger partial charge is 0.492 e. The lowest BCUT2D eigenvalue weighted by atomic mass is 10.2. The van der Waals surface area contributed by atoms with Crippen LogP contribution in [0, 0.1) is 11.8 Å². The maximum atomic E-state index is 11.6. The first-order valence-electron chi connectivity index (χ1n) is 5.03. The van der Waals surface area contributed by atoms with Gasteiger partial charge in [-0.15, -0.1) is 4.91 Å². The molecule has 2 rings (SSSR count). The van der Waals surface area contributed by atoms with E-state index in [0.717, 1.165) is 10.1 Å². The van der Waals surface area contributed by atoms with E-state index in [9.17, 15) is 19.6 Å². The van der Waals surface area contributed by atoms with E-state index in [0.29, 0.717) is 5.69 Å². The summed E-state index contributed by atoms with van der Waals surface area (Å²) in [7, 11) is 0. The molecule has 0 bridgehead atoms. The van der Waals surface area contributed by atoms with Crippen molar-refractivity contribution in [2.24, 2.45) is 5.18 Å². The molecule has 0 fully saturated rings. The average molecular weight is 247 g/mol. The molecule has 0 aliphatic heterocycles. The zero-order valence-corrected chi connectivity index (χ0v) is 9.38. The highest BCUT2D eigenvalue weighted by molar-refractivity contribution is 5.49. The summed E-state index contributed by atoms with van der Waals surface area (Å²) in [5.74, 6) is -0.775. The molecule has 0 unspecified atom stereocenters. The van der Waals surface area contributed by atoms with Crippen molar-refractivity contribution >= 4 is 5.69 Å². The van der Waals surface area contributed by atoms with E-state index in [1.54, 1.807) is 24.3 Å². The standard InChI is InChI=1S/C11H9N3O4/c1-6-2-4-7(5-3-6)14-10(16)8(13-18)9(15)12-11(14)17/h2-5,16H,1H3,(H,12,15,17). The number of aromatic hydroxyl groups is 1. The Morgan fingerprint density at radius 2 is 1.83 bits per heavy atom. The number of aromatic nitrogens is 2. The van der Waals surface area contributed by atoms with Gasteiger partial charge in [-0.05, 0) is 24.2 Å². The molecule has 7 heteroatoms. The number of benzene rings is 1. The number of hydrogen-bond donors (Lipinski definition) is 2. The predicted octanol–water partition coefficient (Wildman–Crippen LogP) is 0.938. The van der Waals surface area contributed by atoms with Gasteiger partial charge in [-0.2, -0.15) is 0 Å². The van der Waals surface area contributed by atoms with E-state index in [1.165, 1.54) is 0 Å². The van der Waals surface area contributed by atoms with Crippen molar-refractivity contribution in [1.82, 2.24) is 9.55 Å². The van der Waals surface area contributed by atoms with Crippen LogP contribution in [0.3, 0.4) is 0 Å². The van der Waals surface area contributed by atoms with Crippen LogP contribution in [0.5, 0.6) is 5.88 Å². The molecule has 0 amide bonds. The maximum absolute atomic E-state index is 11.6. The summed E-state index contributed by atoms with van der Waals surface area (Å²) < 4.78 is 0.803. The Balaban J connectivity index is 2.79. The molecule has 0 aliphatic carbocycles. The van der Waals surface area contributed by atoms with Gasteiger partial charge in [-0.1, -0.05) is 17.7 Å². The van der Waals surface area contributed by atoms with Crippen LogP contribution < -0.4 is 11.2 Å². The lowest BCUT2D eigenvalue weighted by Crippen LogP contribution is -2.28. The van der Waals surface area contributed by atoms with Gasteiger partial charge in [0.1, 0.15) is 0 Å². The minimum absolute atomic E-state index is 0.323. The molecule has 92 valence electrons. The van der Waals surface area contributed by atoms with Gasteiger partial charge in [0.25, 0.3) is 5.56 Å². The number of H-pyrrole nitrogens is 1. The van der Waals surface area contributed by atoms with E-state index in [-0.39, 0.29) is 0 Å². The summed E-state index contributed by atoms with van der Waals surface area (Å²) in [6.07, 6.45) is 0. The Kier molecular flexibility index (Phi) is 2.80. The lowest BCUT2D eigenvalue weighted by Gasteiger charge is -2.08. The normalized spacial score (nSPS) is 10.3. The van der Waals surface area contributed by atoms with E-state index in [2.05, 4.69) is 5.18 Å². The van der Waals surface area contributed by atoms with Crippen LogP contribution in [0.15, 0.2) is 39.0 Å². The predicted molar refractivity (Wildman–Crippen MR) is 64.5 cm³/mol. The summed E-state index contributed by atoms with van der Waals surface area (Å²) in [5, 5.41) is 12.1. The number of hydrogen-bond acceptors (Lipinski definition) is 5. The quantitative estimate of drug-likeness (QED) is 0.770. The van der Waals surface area contributed by atoms with Crippen molar-refractivity contribution in [2.45, 2.75) is 6.92 Å². The summed E-state index contributed by atoms with van der Waals surface area (Å²) in [5.41, 5.74) is -1.30. The number of rotatable bonds is 2. The summed E-state index contributed by atoms with van der Waals surface area (Å²) >= 11 is 0. The second-order valence-corrected chi connectivity index (χ2v) is 3.69. The SMILES string of the molecule is Cc1ccc(-n2c(O)c(N=O)c(=O)[nH]c2=O)cc1. The van der Waals surface area contributed by atoms with Crippen molar-refractivity contribution in [3.8, 4) is 11.6 Å². The molecule has 2 aromatic rings. The molecule has 0 atom stereocenters. The first-order chi connectivity index (χ1) is 8.54. The molecule has 0 radical (unpaired) electrons. The minimum atomic E-state index is -1.02. The molecule has 1 aromatic heterocycles. The average Bonchev–Trinajstić information content (AvgIpc) is 2.31. The third-order valence-electron chi connectivity index (χ3n) is 2.45. The van der Waals surface area contributed by atoms with Gasteiger partial charge in [0.15, 0.2) is 0 Å². The summed E-state index contributed by atoms with van der Waals surface area (Å²) in [6.45, 7) is 1.86. The fraction of sp³-hybridized carbons (Fsp3) is 0.0909. The van der Waals surface area contributed by atoms with E-state index in [4.69, 9.17) is 0 Å². The van der Waals surface area contributed by atoms with Crippen LogP contribution >= 0.6 is 0 Å². The van der Waals surface area contributed by atoms with Crippen molar-refractivity contribution in [3.63, 3.8) is 0 Å². The minimum Gasteiger partial charge on any atom is -0.492 e. The molecule has 0 spiro atoms. The zero-order chi connectivity index (χ0) is 13.3. The van der Waals surface area contributed by atoms with Gasteiger partial charge in [-0.3, -0.25) is 9.78 Å². The summed E-state index contributed by atoms with van der Waals surface area (Å²) in [6, 6.07) is 6.59. The van der Waals surface area contributed by atoms with Gasteiger partial charge in [0, 0.05) is 0 Å². The van der Waals surface area contributed by atoms with Gasteiger partial charge >= 0.3 is 5.69 Å². The Bertz CT molecular complexity index is 713. The van der Waals surface area contributed by atoms with Crippen LogP contribution in [0.2, 0.25) is 0 Å². The number of aromatic amines is 1.